The minimum Gasteiger partial charge on any atom is -0.357 e. The highest BCUT2D eigenvalue weighted by atomic mass is 32.2. The second-order valence-electron chi connectivity index (χ2n) is 7.55. The van der Waals surface area contributed by atoms with Crippen LogP contribution in [0.15, 0.2) is 4.99 Å². The van der Waals surface area contributed by atoms with Crippen molar-refractivity contribution in [3.05, 3.63) is 11.6 Å². The second kappa shape index (κ2) is 8.37. The fraction of sp³-hybridized carbons (Fsp3) is 0.824. The Morgan fingerprint density at radius 3 is 2.69 bits per heavy atom. The van der Waals surface area contributed by atoms with Gasteiger partial charge in [0.15, 0.2) is 21.6 Å². The van der Waals surface area contributed by atoms with Crippen molar-refractivity contribution in [2.24, 2.45) is 4.99 Å². The maximum absolute atomic E-state index is 12.2. The van der Waals surface area contributed by atoms with Gasteiger partial charge in [0.05, 0.1) is 23.6 Å². The fourth-order valence-electron chi connectivity index (χ4n) is 2.73. The third-order valence-corrected chi connectivity index (χ3v) is 7.05. The molecule has 0 amide bonds. The molecule has 1 aromatic rings. The Morgan fingerprint density at radius 1 is 1.35 bits per heavy atom. The molecule has 0 fully saturated rings. The van der Waals surface area contributed by atoms with Crippen LogP contribution in [-0.2, 0) is 29.2 Å². The number of nitrogens with zero attached hydrogens (tertiary/aromatic N) is 4. The van der Waals surface area contributed by atoms with Crippen molar-refractivity contribution in [3.8, 4) is 0 Å². The van der Waals surface area contributed by atoms with E-state index in [9.17, 15) is 8.42 Å². The number of rotatable bonds is 6. The van der Waals surface area contributed by atoms with Crippen molar-refractivity contribution in [3.63, 3.8) is 0 Å². The Hall–Kier alpha value is -1.64. The van der Waals surface area contributed by atoms with E-state index in [1.54, 1.807) is 20.8 Å². The lowest BCUT2D eigenvalue weighted by atomic mass is 10.1. The number of aliphatic imine (C=N–C) groups is 1. The molecule has 0 radical (unpaired) electrons. The summed E-state index contributed by atoms with van der Waals surface area (Å²) in [4.78, 5) is 8.98. The predicted molar refractivity (Wildman–Crippen MR) is 104 cm³/mol. The minimum absolute atomic E-state index is 0.0465. The third kappa shape index (κ3) is 5.18. The summed E-state index contributed by atoms with van der Waals surface area (Å²) in [5.74, 6) is 2.62. The summed E-state index contributed by atoms with van der Waals surface area (Å²) in [5, 5.41) is 11.1. The number of fused-ring (bicyclic) bond motifs is 1. The number of hydrogen-bond acceptors (Lipinski definition) is 5. The highest BCUT2D eigenvalue weighted by Gasteiger charge is 2.28. The van der Waals surface area contributed by atoms with E-state index in [0.29, 0.717) is 5.96 Å². The van der Waals surface area contributed by atoms with E-state index >= 15 is 0 Å². The average molecular weight is 385 g/mol. The van der Waals surface area contributed by atoms with Crippen LogP contribution >= 0.6 is 0 Å². The van der Waals surface area contributed by atoms with E-state index in [1.165, 1.54) is 0 Å². The first-order valence-electron chi connectivity index (χ1n) is 9.36. The van der Waals surface area contributed by atoms with E-state index in [-0.39, 0.29) is 18.3 Å². The summed E-state index contributed by atoms with van der Waals surface area (Å²) in [7, 11) is -3.17. The van der Waals surface area contributed by atoms with Gasteiger partial charge in [0.1, 0.15) is 5.82 Å². The summed E-state index contributed by atoms with van der Waals surface area (Å²) in [6.07, 6.45) is 2.67. The Balaban J connectivity index is 1.97. The molecule has 9 heteroatoms. The molecule has 26 heavy (non-hydrogen) atoms. The summed E-state index contributed by atoms with van der Waals surface area (Å²) in [6, 6.07) is 0.200. The molecule has 0 spiro atoms. The standard InChI is InChI=1S/C17H32N6O2S/c1-6-14-21-15-9-8-13(12-23(15)22-14)20-16(18-7-2)19-10-11-26(24,25)17(3,4)5/h13H,6-12H2,1-5H3,(H2,18,19,20). The Bertz CT molecular complexity index is 733. The maximum Gasteiger partial charge on any atom is 0.191 e. The zero-order valence-corrected chi connectivity index (χ0v) is 17.4. The lowest BCUT2D eigenvalue weighted by molar-refractivity contribution is 0.392. The molecule has 2 heterocycles. The fourth-order valence-corrected chi connectivity index (χ4v) is 3.67. The Morgan fingerprint density at radius 2 is 2.08 bits per heavy atom. The minimum atomic E-state index is -3.17. The maximum atomic E-state index is 12.2. The summed E-state index contributed by atoms with van der Waals surface area (Å²) in [6.45, 7) is 10.9. The monoisotopic (exact) mass is 384 g/mol. The van der Waals surface area contributed by atoms with Gasteiger partial charge in [-0.05, 0) is 34.1 Å². The van der Waals surface area contributed by atoms with Crippen LogP contribution in [0.25, 0.3) is 0 Å². The zero-order chi connectivity index (χ0) is 19.4. The summed E-state index contributed by atoms with van der Waals surface area (Å²) < 4.78 is 25.7. The van der Waals surface area contributed by atoms with E-state index in [2.05, 4.69) is 32.6 Å². The second-order valence-corrected chi connectivity index (χ2v) is 10.4. The number of aromatic nitrogens is 3. The SMILES string of the molecule is CCNC(=NCCS(=O)(=O)C(C)(C)C)NC1CCc2nc(CC)nn2C1. The predicted octanol–water partition coefficient (Wildman–Crippen LogP) is 0.924. The molecule has 1 aliphatic heterocycles. The molecule has 2 N–H and O–H groups in total. The van der Waals surface area contributed by atoms with Crippen LogP contribution in [0.4, 0.5) is 0 Å². The van der Waals surface area contributed by atoms with Crippen LogP contribution in [0.3, 0.4) is 0 Å². The molecule has 0 bridgehead atoms. The summed E-state index contributed by atoms with van der Waals surface area (Å²) in [5.41, 5.74) is 0. The normalized spacial score (nSPS) is 18.5. The van der Waals surface area contributed by atoms with Crippen molar-refractivity contribution in [2.75, 3.05) is 18.8 Å². The van der Waals surface area contributed by atoms with Crippen LogP contribution in [0, 0.1) is 0 Å². The molecule has 1 aromatic heterocycles. The average Bonchev–Trinajstić information content (AvgIpc) is 2.96. The highest BCUT2D eigenvalue weighted by molar-refractivity contribution is 7.92. The highest BCUT2D eigenvalue weighted by Crippen LogP contribution is 2.16. The van der Waals surface area contributed by atoms with E-state index in [0.717, 1.165) is 44.0 Å². The first-order chi connectivity index (χ1) is 12.2. The number of hydrogen-bond donors (Lipinski definition) is 2. The third-order valence-electron chi connectivity index (χ3n) is 4.47. The van der Waals surface area contributed by atoms with Crippen LogP contribution in [0.5, 0.6) is 0 Å². The van der Waals surface area contributed by atoms with Gasteiger partial charge < -0.3 is 10.6 Å². The van der Waals surface area contributed by atoms with Crippen LogP contribution in [0.2, 0.25) is 0 Å². The van der Waals surface area contributed by atoms with E-state index in [4.69, 9.17) is 0 Å². The van der Waals surface area contributed by atoms with Gasteiger partial charge in [-0.3, -0.25) is 4.99 Å². The Labute approximate surface area is 156 Å². The van der Waals surface area contributed by atoms with Crippen molar-refractivity contribution in [1.82, 2.24) is 25.4 Å². The molecule has 1 unspecified atom stereocenters. The van der Waals surface area contributed by atoms with Gasteiger partial charge in [0.25, 0.3) is 0 Å². The van der Waals surface area contributed by atoms with Crippen molar-refractivity contribution in [2.45, 2.75) is 71.2 Å². The van der Waals surface area contributed by atoms with Gasteiger partial charge in [0, 0.05) is 25.4 Å². The van der Waals surface area contributed by atoms with Gasteiger partial charge in [-0.2, -0.15) is 5.10 Å². The number of guanidine groups is 1. The lowest BCUT2D eigenvalue weighted by Crippen LogP contribution is -2.47. The zero-order valence-electron chi connectivity index (χ0n) is 16.5. The molecule has 2 rings (SSSR count). The van der Waals surface area contributed by atoms with Crippen molar-refractivity contribution in [1.29, 1.82) is 0 Å². The molecule has 0 saturated heterocycles. The molecule has 148 valence electrons. The van der Waals surface area contributed by atoms with Gasteiger partial charge >= 0.3 is 0 Å². The van der Waals surface area contributed by atoms with Crippen molar-refractivity contribution < 1.29 is 8.42 Å². The number of aryl methyl sites for hydroxylation is 2. The molecule has 8 nitrogen and oxygen atoms in total. The molecule has 0 aliphatic carbocycles. The van der Waals surface area contributed by atoms with Crippen molar-refractivity contribution >= 4 is 15.8 Å². The molecule has 0 saturated carbocycles. The van der Waals surface area contributed by atoms with Crippen LogP contribution in [-0.4, -0.2) is 58.8 Å². The first kappa shape index (κ1) is 20.7. The topological polar surface area (TPSA) is 101 Å². The molecule has 1 atom stereocenters. The van der Waals surface area contributed by atoms with Gasteiger partial charge in [0.2, 0.25) is 0 Å². The summed E-state index contributed by atoms with van der Waals surface area (Å²) >= 11 is 0. The quantitative estimate of drug-likeness (QED) is 0.559. The molecule has 1 aliphatic rings. The smallest absolute Gasteiger partial charge is 0.191 e. The van der Waals surface area contributed by atoms with E-state index < -0.39 is 14.6 Å². The molecule has 0 aromatic carbocycles. The lowest BCUT2D eigenvalue weighted by Gasteiger charge is -2.25. The largest absolute Gasteiger partial charge is 0.357 e. The van der Waals surface area contributed by atoms with Gasteiger partial charge in [-0.1, -0.05) is 6.92 Å². The molecular formula is C17H32N6O2S. The van der Waals surface area contributed by atoms with Gasteiger partial charge in [-0.25, -0.2) is 18.1 Å². The first-order valence-corrected chi connectivity index (χ1v) is 11.0. The van der Waals surface area contributed by atoms with Crippen LogP contribution in [0.1, 0.15) is 52.7 Å². The van der Waals surface area contributed by atoms with Gasteiger partial charge in [-0.15, -0.1) is 0 Å². The number of sulfone groups is 1. The van der Waals surface area contributed by atoms with Crippen LogP contribution < -0.4 is 10.6 Å². The van der Waals surface area contributed by atoms with E-state index in [1.807, 2.05) is 11.6 Å². The Kier molecular flexibility index (Phi) is 6.65. The molecular weight excluding hydrogens is 352 g/mol. The number of nitrogens with one attached hydrogen (secondary N) is 2.